The molecule has 2 heterocycles. The topological polar surface area (TPSA) is 82.5 Å². The minimum absolute atomic E-state index is 0.0184. The van der Waals surface area contributed by atoms with Crippen molar-refractivity contribution in [3.05, 3.63) is 17.5 Å². The third-order valence-electron chi connectivity index (χ3n) is 2.56. The number of aromatic nitrogens is 6. The van der Waals surface area contributed by atoms with Crippen LogP contribution in [0.25, 0.3) is 0 Å². The van der Waals surface area contributed by atoms with Gasteiger partial charge in [0, 0.05) is 5.92 Å². The molecular formula is C9H9F3N6O. The van der Waals surface area contributed by atoms with Crippen molar-refractivity contribution in [2.45, 2.75) is 37.9 Å². The second-order valence-corrected chi connectivity index (χ2v) is 4.35. The molecule has 102 valence electrons. The van der Waals surface area contributed by atoms with Crippen LogP contribution in [0.5, 0.6) is 0 Å². The molecule has 0 aromatic carbocycles. The van der Waals surface area contributed by atoms with Gasteiger partial charge in [-0.25, -0.2) is 0 Å². The van der Waals surface area contributed by atoms with Crippen LogP contribution >= 0.6 is 0 Å². The highest BCUT2D eigenvalue weighted by Gasteiger charge is 2.31. The van der Waals surface area contributed by atoms with Gasteiger partial charge in [-0.3, -0.25) is 0 Å². The van der Waals surface area contributed by atoms with E-state index >= 15 is 0 Å². The molecule has 0 radical (unpaired) electrons. The number of hydrogen-bond acceptors (Lipinski definition) is 6. The Bertz CT molecular complexity index is 573. The lowest BCUT2D eigenvalue weighted by atomic mass is 10.4. The first-order valence-corrected chi connectivity index (χ1v) is 5.65. The maximum absolute atomic E-state index is 12.1. The summed E-state index contributed by atoms with van der Waals surface area (Å²) in [5.41, 5.74) is 0. The lowest BCUT2D eigenvalue weighted by Crippen LogP contribution is -2.13. The van der Waals surface area contributed by atoms with E-state index in [1.54, 1.807) is 0 Å². The maximum Gasteiger partial charge on any atom is 0.396 e. The molecule has 0 saturated heterocycles. The minimum atomic E-state index is -4.36. The number of tetrazole rings is 1. The SMILES string of the molecule is FC(F)(F)Cc1noc(Cn2nnc(C3CC3)n2)n1. The molecule has 7 nitrogen and oxygen atoms in total. The van der Waals surface area contributed by atoms with E-state index < -0.39 is 18.4 Å². The van der Waals surface area contributed by atoms with Gasteiger partial charge in [0.15, 0.2) is 11.6 Å². The van der Waals surface area contributed by atoms with Crippen LogP contribution in [-0.4, -0.2) is 36.5 Å². The van der Waals surface area contributed by atoms with Gasteiger partial charge in [-0.2, -0.15) is 23.0 Å². The number of halogens is 3. The monoisotopic (exact) mass is 274 g/mol. The van der Waals surface area contributed by atoms with Gasteiger partial charge in [-0.05, 0) is 18.1 Å². The number of hydrogen-bond donors (Lipinski definition) is 0. The largest absolute Gasteiger partial charge is 0.396 e. The first kappa shape index (κ1) is 12.1. The summed E-state index contributed by atoms with van der Waals surface area (Å²) in [7, 11) is 0. The Balaban J connectivity index is 1.65. The summed E-state index contributed by atoms with van der Waals surface area (Å²) in [6, 6.07) is 0. The average Bonchev–Trinajstić information content (AvgIpc) is 2.91. The third kappa shape index (κ3) is 3.06. The van der Waals surface area contributed by atoms with Crippen molar-refractivity contribution in [3.8, 4) is 0 Å². The molecule has 0 unspecified atom stereocenters. The van der Waals surface area contributed by atoms with Crippen molar-refractivity contribution >= 4 is 0 Å². The van der Waals surface area contributed by atoms with E-state index in [0.717, 1.165) is 12.8 Å². The van der Waals surface area contributed by atoms with E-state index in [2.05, 4.69) is 25.6 Å². The summed E-state index contributed by atoms with van der Waals surface area (Å²) in [5.74, 6) is 0.635. The van der Waals surface area contributed by atoms with Gasteiger partial charge in [0.25, 0.3) is 0 Å². The average molecular weight is 274 g/mol. The zero-order valence-electron chi connectivity index (χ0n) is 9.63. The predicted octanol–water partition coefficient (Wildman–Crippen LogP) is 1.09. The Kier molecular flexibility index (Phi) is 2.72. The molecule has 0 N–H and O–H groups in total. The molecular weight excluding hydrogens is 265 g/mol. The Morgan fingerprint density at radius 2 is 2.11 bits per heavy atom. The van der Waals surface area contributed by atoms with Gasteiger partial charge in [0.1, 0.15) is 13.0 Å². The zero-order valence-corrected chi connectivity index (χ0v) is 9.63. The van der Waals surface area contributed by atoms with Crippen LogP contribution in [0.1, 0.15) is 36.3 Å². The molecule has 3 rings (SSSR count). The summed E-state index contributed by atoms with van der Waals surface area (Å²) < 4.78 is 41.1. The van der Waals surface area contributed by atoms with Gasteiger partial charge in [-0.1, -0.05) is 5.16 Å². The molecule has 10 heteroatoms. The lowest BCUT2D eigenvalue weighted by Gasteiger charge is -1.99. The van der Waals surface area contributed by atoms with E-state index in [-0.39, 0.29) is 12.4 Å². The van der Waals surface area contributed by atoms with Crippen LogP contribution in [0, 0.1) is 0 Å². The molecule has 0 bridgehead atoms. The predicted molar refractivity (Wildman–Crippen MR) is 53.0 cm³/mol. The molecule has 2 aromatic heterocycles. The molecule has 2 aromatic rings. The van der Waals surface area contributed by atoms with E-state index in [9.17, 15) is 13.2 Å². The van der Waals surface area contributed by atoms with Crippen molar-refractivity contribution < 1.29 is 17.7 Å². The van der Waals surface area contributed by atoms with Crippen LogP contribution in [0.3, 0.4) is 0 Å². The summed E-state index contributed by atoms with van der Waals surface area (Å²) in [6.07, 6.45) is -3.48. The standard InChI is InChI=1S/C9H9F3N6O/c10-9(11,12)3-6-13-7(19-16-6)4-18-15-8(14-17-18)5-1-2-5/h5H,1-4H2. The Morgan fingerprint density at radius 1 is 1.32 bits per heavy atom. The number of alkyl halides is 3. The Labute approximate surface area is 104 Å². The van der Waals surface area contributed by atoms with E-state index in [0.29, 0.717) is 11.7 Å². The van der Waals surface area contributed by atoms with E-state index in [4.69, 9.17) is 4.52 Å². The van der Waals surface area contributed by atoms with Gasteiger partial charge in [-0.15, -0.1) is 10.2 Å². The second-order valence-electron chi connectivity index (χ2n) is 4.35. The van der Waals surface area contributed by atoms with Crippen molar-refractivity contribution in [2.75, 3.05) is 0 Å². The fourth-order valence-electron chi connectivity index (χ4n) is 1.55. The van der Waals surface area contributed by atoms with Crippen LogP contribution in [-0.2, 0) is 13.0 Å². The zero-order chi connectivity index (χ0) is 13.5. The van der Waals surface area contributed by atoms with Crippen LogP contribution in [0.15, 0.2) is 4.52 Å². The summed E-state index contributed by atoms with van der Waals surface area (Å²) in [6.45, 7) is 0.0184. The normalized spacial score (nSPS) is 15.9. The Hall–Kier alpha value is -2.00. The Morgan fingerprint density at radius 3 is 2.79 bits per heavy atom. The number of nitrogens with zero attached hydrogens (tertiary/aromatic N) is 6. The lowest BCUT2D eigenvalue weighted by molar-refractivity contribution is -0.128. The van der Waals surface area contributed by atoms with Crippen LogP contribution < -0.4 is 0 Å². The van der Waals surface area contributed by atoms with Crippen molar-refractivity contribution in [1.29, 1.82) is 0 Å². The van der Waals surface area contributed by atoms with Gasteiger partial charge >= 0.3 is 6.18 Å². The van der Waals surface area contributed by atoms with Crippen LogP contribution in [0.2, 0.25) is 0 Å². The highest BCUT2D eigenvalue weighted by molar-refractivity contribution is 5.00. The maximum atomic E-state index is 12.1. The second kappa shape index (κ2) is 4.28. The van der Waals surface area contributed by atoms with Crippen molar-refractivity contribution in [1.82, 2.24) is 30.3 Å². The highest BCUT2D eigenvalue weighted by atomic mass is 19.4. The van der Waals surface area contributed by atoms with Gasteiger partial charge in [0.05, 0.1) is 0 Å². The molecule has 0 aliphatic heterocycles. The third-order valence-corrected chi connectivity index (χ3v) is 2.56. The van der Waals surface area contributed by atoms with E-state index in [1.807, 2.05) is 0 Å². The molecule has 1 aliphatic rings. The van der Waals surface area contributed by atoms with Gasteiger partial charge in [0.2, 0.25) is 5.89 Å². The molecule has 1 aliphatic carbocycles. The minimum Gasteiger partial charge on any atom is -0.337 e. The molecule has 0 atom stereocenters. The summed E-state index contributed by atoms with van der Waals surface area (Å²) >= 11 is 0. The van der Waals surface area contributed by atoms with Gasteiger partial charge < -0.3 is 4.52 Å². The van der Waals surface area contributed by atoms with Crippen molar-refractivity contribution in [3.63, 3.8) is 0 Å². The van der Waals surface area contributed by atoms with E-state index in [1.165, 1.54) is 4.80 Å². The quantitative estimate of drug-likeness (QED) is 0.829. The molecule has 1 fully saturated rings. The summed E-state index contributed by atoms with van der Waals surface area (Å²) in [5, 5.41) is 15.0. The smallest absolute Gasteiger partial charge is 0.337 e. The fraction of sp³-hybridized carbons (Fsp3) is 0.667. The first-order chi connectivity index (χ1) is 8.99. The summed E-state index contributed by atoms with van der Waals surface area (Å²) in [4.78, 5) is 4.87. The molecule has 0 spiro atoms. The molecule has 0 amide bonds. The highest BCUT2D eigenvalue weighted by Crippen LogP contribution is 2.37. The molecule has 1 saturated carbocycles. The first-order valence-electron chi connectivity index (χ1n) is 5.65. The fourth-order valence-corrected chi connectivity index (χ4v) is 1.55. The number of rotatable bonds is 4. The van der Waals surface area contributed by atoms with Crippen molar-refractivity contribution in [2.24, 2.45) is 0 Å². The van der Waals surface area contributed by atoms with Crippen LogP contribution in [0.4, 0.5) is 13.2 Å². The molecule has 19 heavy (non-hydrogen) atoms.